The predicted octanol–water partition coefficient (Wildman–Crippen LogP) is 0.356. The molecule has 3 N–H and O–H groups in total. The van der Waals surface area contributed by atoms with Crippen LogP contribution in [-0.4, -0.2) is 30.4 Å². The zero-order valence-electron chi connectivity index (χ0n) is 8.41. The molecule has 1 aromatic rings. The highest BCUT2D eigenvalue weighted by molar-refractivity contribution is 7.92. The number of benzene rings is 1. The summed E-state index contributed by atoms with van der Waals surface area (Å²) in [5.74, 6) is -2.52. The standard InChI is InChI=1S/C9H8N2O5S/c10-3-4-17(15,16)11-7-2-1-6(9(13)14)5-8(7)12/h1-2,5,11-12H,4H2,(H,13,14). The summed E-state index contributed by atoms with van der Waals surface area (Å²) < 4.78 is 24.4. The van der Waals surface area contributed by atoms with Crippen molar-refractivity contribution in [1.82, 2.24) is 0 Å². The molecular formula is C9H8N2O5S. The minimum atomic E-state index is -3.86. The molecule has 0 radical (unpaired) electrons. The van der Waals surface area contributed by atoms with Gasteiger partial charge in [0.1, 0.15) is 5.75 Å². The predicted molar refractivity (Wildman–Crippen MR) is 58.1 cm³/mol. The number of phenols is 1. The molecule has 90 valence electrons. The highest BCUT2D eigenvalue weighted by atomic mass is 32.2. The van der Waals surface area contributed by atoms with Gasteiger partial charge in [-0.2, -0.15) is 5.26 Å². The Balaban J connectivity index is 3.03. The molecule has 1 aromatic carbocycles. The highest BCUT2D eigenvalue weighted by Crippen LogP contribution is 2.25. The van der Waals surface area contributed by atoms with Crippen molar-refractivity contribution >= 4 is 21.7 Å². The van der Waals surface area contributed by atoms with Crippen LogP contribution in [0.15, 0.2) is 18.2 Å². The second kappa shape index (κ2) is 4.71. The normalized spacial score (nSPS) is 10.5. The fourth-order valence-electron chi connectivity index (χ4n) is 1.04. The maximum Gasteiger partial charge on any atom is 0.335 e. The molecule has 7 nitrogen and oxygen atoms in total. The van der Waals surface area contributed by atoms with Gasteiger partial charge in [0, 0.05) is 0 Å². The Hall–Kier alpha value is -2.27. The van der Waals surface area contributed by atoms with Crippen LogP contribution in [0.25, 0.3) is 0 Å². The third-order valence-electron chi connectivity index (χ3n) is 1.76. The van der Waals surface area contributed by atoms with Gasteiger partial charge in [-0.3, -0.25) is 4.72 Å². The van der Waals surface area contributed by atoms with Crippen LogP contribution in [0, 0.1) is 11.3 Å². The van der Waals surface area contributed by atoms with E-state index in [1.807, 2.05) is 4.72 Å². The third kappa shape index (κ3) is 3.35. The first-order valence-electron chi connectivity index (χ1n) is 4.29. The van der Waals surface area contributed by atoms with E-state index in [2.05, 4.69) is 0 Å². The van der Waals surface area contributed by atoms with Gasteiger partial charge >= 0.3 is 5.97 Å². The van der Waals surface area contributed by atoms with Crippen molar-refractivity contribution in [2.24, 2.45) is 0 Å². The second-order valence-corrected chi connectivity index (χ2v) is 4.78. The zero-order chi connectivity index (χ0) is 13.1. The lowest BCUT2D eigenvalue weighted by molar-refractivity contribution is 0.0696. The van der Waals surface area contributed by atoms with Crippen molar-refractivity contribution in [2.75, 3.05) is 10.5 Å². The fourth-order valence-corrected chi connectivity index (χ4v) is 1.79. The quantitative estimate of drug-likeness (QED) is 0.667. The van der Waals surface area contributed by atoms with E-state index >= 15 is 0 Å². The van der Waals surface area contributed by atoms with Crippen molar-refractivity contribution in [2.45, 2.75) is 0 Å². The number of rotatable bonds is 4. The molecule has 0 aliphatic carbocycles. The van der Waals surface area contributed by atoms with E-state index < -0.39 is 27.5 Å². The van der Waals surface area contributed by atoms with Crippen LogP contribution in [0.5, 0.6) is 5.75 Å². The number of carboxylic acids is 1. The first kappa shape index (κ1) is 12.8. The number of carbonyl (C=O) groups is 1. The lowest BCUT2D eigenvalue weighted by atomic mass is 10.2. The minimum Gasteiger partial charge on any atom is -0.506 e. The van der Waals surface area contributed by atoms with Crippen LogP contribution in [-0.2, 0) is 10.0 Å². The van der Waals surface area contributed by atoms with Crippen LogP contribution >= 0.6 is 0 Å². The van der Waals surface area contributed by atoms with Gasteiger partial charge in [0.05, 0.1) is 17.3 Å². The van der Waals surface area contributed by atoms with Gasteiger partial charge in [-0.15, -0.1) is 0 Å². The molecule has 8 heteroatoms. The number of nitrogens with one attached hydrogen (secondary N) is 1. The Morgan fingerprint density at radius 3 is 2.59 bits per heavy atom. The lowest BCUT2D eigenvalue weighted by Gasteiger charge is -2.07. The van der Waals surface area contributed by atoms with Gasteiger partial charge in [-0.05, 0) is 18.2 Å². The van der Waals surface area contributed by atoms with E-state index in [1.54, 1.807) is 0 Å². The van der Waals surface area contributed by atoms with Crippen LogP contribution in [0.3, 0.4) is 0 Å². The summed E-state index contributed by atoms with van der Waals surface area (Å²) in [5.41, 5.74) is -0.351. The summed E-state index contributed by atoms with van der Waals surface area (Å²) in [6.45, 7) is 0. The van der Waals surface area contributed by atoms with Crippen LogP contribution < -0.4 is 4.72 Å². The zero-order valence-corrected chi connectivity index (χ0v) is 9.23. The maximum atomic E-state index is 11.2. The summed E-state index contributed by atoms with van der Waals surface area (Å²) in [6, 6.07) is 4.60. The Labute approximate surface area is 97.0 Å². The minimum absolute atomic E-state index is 0.175. The molecule has 0 fully saturated rings. The number of hydrogen-bond donors (Lipinski definition) is 3. The number of nitriles is 1. The first-order valence-corrected chi connectivity index (χ1v) is 5.94. The van der Waals surface area contributed by atoms with E-state index in [0.29, 0.717) is 0 Å². The van der Waals surface area contributed by atoms with Crippen molar-refractivity contribution in [1.29, 1.82) is 5.26 Å². The van der Waals surface area contributed by atoms with Crippen molar-refractivity contribution in [3.8, 4) is 11.8 Å². The lowest BCUT2D eigenvalue weighted by Crippen LogP contribution is -2.15. The Bertz CT molecular complexity index is 588. The number of carboxylic acid groups (broad SMARTS) is 1. The van der Waals surface area contributed by atoms with E-state index in [-0.39, 0.29) is 11.3 Å². The second-order valence-electron chi connectivity index (χ2n) is 3.06. The number of sulfonamides is 1. The molecule has 0 unspecified atom stereocenters. The van der Waals surface area contributed by atoms with Gasteiger partial charge in [0.25, 0.3) is 0 Å². The summed E-state index contributed by atoms with van der Waals surface area (Å²) in [5, 5.41) is 26.3. The van der Waals surface area contributed by atoms with Crippen LogP contribution in [0.1, 0.15) is 10.4 Å². The maximum absolute atomic E-state index is 11.2. The van der Waals surface area contributed by atoms with Crippen molar-refractivity contribution in [3.63, 3.8) is 0 Å². The highest BCUT2D eigenvalue weighted by Gasteiger charge is 2.13. The third-order valence-corrected chi connectivity index (χ3v) is 2.80. The SMILES string of the molecule is N#CCS(=O)(=O)Nc1ccc(C(=O)O)cc1O. The molecule has 0 bridgehead atoms. The van der Waals surface area contributed by atoms with Crippen molar-refractivity contribution < 1.29 is 23.4 Å². The number of nitrogens with zero attached hydrogens (tertiary/aromatic N) is 1. The monoisotopic (exact) mass is 256 g/mol. The number of aromatic hydroxyl groups is 1. The Morgan fingerprint density at radius 2 is 2.12 bits per heavy atom. The number of anilines is 1. The fraction of sp³-hybridized carbons (Fsp3) is 0.111. The molecule has 0 aromatic heterocycles. The number of phenolic OH excluding ortho intramolecular Hbond substituents is 1. The molecule has 0 aliphatic heterocycles. The molecule has 0 saturated heterocycles. The molecule has 0 aliphatic rings. The molecular weight excluding hydrogens is 248 g/mol. The van der Waals surface area contributed by atoms with Crippen LogP contribution in [0.2, 0.25) is 0 Å². The Morgan fingerprint density at radius 1 is 1.47 bits per heavy atom. The summed E-state index contributed by atoms with van der Waals surface area (Å²) >= 11 is 0. The average Bonchev–Trinajstić information content (AvgIpc) is 2.20. The van der Waals surface area contributed by atoms with E-state index in [9.17, 15) is 18.3 Å². The van der Waals surface area contributed by atoms with Gasteiger partial charge in [-0.1, -0.05) is 0 Å². The molecule has 0 amide bonds. The Kier molecular flexibility index (Phi) is 3.55. The molecule has 0 heterocycles. The van der Waals surface area contributed by atoms with Gasteiger partial charge in [0.2, 0.25) is 10.0 Å². The summed E-state index contributed by atoms with van der Waals surface area (Å²) in [6.07, 6.45) is 0. The number of aromatic carboxylic acids is 1. The molecule has 0 saturated carbocycles. The molecule has 0 atom stereocenters. The number of hydrogen-bond acceptors (Lipinski definition) is 5. The first-order chi connectivity index (χ1) is 7.85. The molecule has 17 heavy (non-hydrogen) atoms. The van der Waals surface area contributed by atoms with Crippen molar-refractivity contribution in [3.05, 3.63) is 23.8 Å². The topological polar surface area (TPSA) is 127 Å². The van der Waals surface area contributed by atoms with Gasteiger partial charge in [-0.25, -0.2) is 13.2 Å². The van der Waals surface area contributed by atoms with E-state index in [1.165, 1.54) is 6.07 Å². The summed E-state index contributed by atoms with van der Waals surface area (Å²) in [4.78, 5) is 10.6. The smallest absolute Gasteiger partial charge is 0.335 e. The van der Waals surface area contributed by atoms with Gasteiger partial charge in [0.15, 0.2) is 5.75 Å². The van der Waals surface area contributed by atoms with E-state index in [0.717, 1.165) is 18.2 Å². The van der Waals surface area contributed by atoms with Gasteiger partial charge < -0.3 is 10.2 Å². The van der Waals surface area contributed by atoms with E-state index in [4.69, 9.17) is 10.4 Å². The summed E-state index contributed by atoms with van der Waals surface area (Å²) in [7, 11) is -3.86. The van der Waals surface area contributed by atoms with Crippen LogP contribution in [0.4, 0.5) is 5.69 Å². The largest absolute Gasteiger partial charge is 0.506 e. The average molecular weight is 256 g/mol. The molecule has 0 spiro atoms. The molecule has 1 rings (SSSR count).